The number of nitrogens with two attached hydrogens (primary N) is 1. The van der Waals surface area contributed by atoms with Gasteiger partial charge in [-0.15, -0.1) is 0 Å². The topological polar surface area (TPSA) is 111 Å². The maximum atomic E-state index is 14.2. The highest BCUT2D eigenvalue weighted by Gasteiger charge is 2.31. The maximum Gasteiger partial charge on any atom is 0.168 e. The zero-order valence-corrected chi connectivity index (χ0v) is 19.4. The number of hydrogen-bond donors (Lipinski definition) is 3. The molecule has 2 fully saturated rings. The maximum absolute atomic E-state index is 14.2. The van der Waals surface area contributed by atoms with Gasteiger partial charge in [-0.1, -0.05) is 20.3 Å². The number of halogens is 2. The molecule has 5 rings (SSSR count). The summed E-state index contributed by atoms with van der Waals surface area (Å²) in [6, 6.07) is 2.12. The average Bonchev–Trinajstić information content (AvgIpc) is 3.58. The molecule has 1 saturated carbocycles. The highest BCUT2D eigenvalue weighted by molar-refractivity contribution is 6.37. The Balaban J connectivity index is 0.000000348. The van der Waals surface area contributed by atoms with Crippen LogP contribution in [0.4, 0.5) is 14.6 Å². The second-order valence-corrected chi connectivity index (χ2v) is 7.93. The van der Waals surface area contributed by atoms with Crippen molar-refractivity contribution in [3.8, 4) is 17.1 Å². The number of aromatic nitrogens is 4. The molecule has 0 aromatic carbocycles. The minimum Gasteiger partial charge on any atom is -0.480 e. The highest BCUT2D eigenvalue weighted by Crippen LogP contribution is 2.44. The van der Waals surface area contributed by atoms with Crippen LogP contribution in [0, 0.1) is 11.6 Å². The molecule has 4 heterocycles. The van der Waals surface area contributed by atoms with Crippen LogP contribution in [0.25, 0.3) is 17.0 Å². The number of nitrogens with zero attached hydrogens (tertiary/aromatic N) is 4. The first-order valence-electron chi connectivity index (χ1n) is 11.4. The molecule has 0 unspecified atom stereocenters. The van der Waals surface area contributed by atoms with Gasteiger partial charge < -0.3 is 20.9 Å². The Labute approximate surface area is 200 Å². The van der Waals surface area contributed by atoms with E-state index in [0.717, 1.165) is 12.8 Å². The molecule has 34 heavy (non-hydrogen) atoms. The largest absolute Gasteiger partial charge is 0.480 e. The van der Waals surface area contributed by atoms with Crippen LogP contribution in [0.2, 0.25) is 0 Å². The van der Waals surface area contributed by atoms with Crippen molar-refractivity contribution in [2.24, 2.45) is 0 Å². The van der Waals surface area contributed by atoms with Crippen molar-refractivity contribution in [1.29, 1.82) is 0 Å². The molecule has 3 aromatic rings. The Morgan fingerprint density at radius 1 is 1.15 bits per heavy atom. The number of nitrogens with one attached hydrogen (secondary N) is 1. The summed E-state index contributed by atoms with van der Waals surface area (Å²) in [5, 5.41) is 17.2. The first kappa shape index (κ1) is 25.9. The summed E-state index contributed by atoms with van der Waals surface area (Å²) >= 11 is 0. The standard InChI is InChI=1S/C15H11B2F2N5O2.C5H11N.C2H6/c16-15(17,25)26-10-4-11-21-5-9(24(11)23-12(10)6-1-2-6)13-7(18)3-8(19)14(20)22-13;1-2-4-6-5-3-1;1-2/h3-6,25H,1-2H2,(H2,20,22);6H,1-5H2;1-2H3. The molecule has 0 atom stereocenters. The number of fused-ring (bicyclic) bond motifs is 1. The average molecular weight is 468 g/mol. The predicted molar refractivity (Wildman–Crippen MR) is 128 cm³/mol. The van der Waals surface area contributed by atoms with Crippen LogP contribution in [-0.2, 0) is 0 Å². The molecule has 4 N–H and O–H groups in total. The minimum absolute atomic E-state index is 0.0862. The fourth-order valence-corrected chi connectivity index (χ4v) is 3.43. The monoisotopic (exact) mass is 468 g/mol. The predicted octanol–water partition coefficient (Wildman–Crippen LogP) is 2.63. The zero-order chi connectivity index (χ0) is 24.9. The minimum atomic E-state index is -2.38. The molecule has 178 valence electrons. The fourth-order valence-electron chi connectivity index (χ4n) is 3.43. The van der Waals surface area contributed by atoms with Crippen molar-refractivity contribution < 1.29 is 18.6 Å². The van der Waals surface area contributed by atoms with Crippen molar-refractivity contribution >= 4 is 27.2 Å². The summed E-state index contributed by atoms with van der Waals surface area (Å²) in [6.07, 6.45) is 7.26. The van der Waals surface area contributed by atoms with E-state index in [9.17, 15) is 13.9 Å². The van der Waals surface area contributed by atoms with Gasteiger partial charge in [0, 0.05) is 18.1 Å². The third-order valence-electron chi connectivity index (χ3n) is 5.13. The van der Waals surface area contributed by atoms with Gasteiger partial charge in [0.2, 0.25) is 0 Å². The summed E-state index contributed by atoms with van der Waals surface area (Å²) in [7, 11) is 10.6. The third-order valence-corrected chi connectivity index (χ3v) is 5.13. The van der Waals surface area contributed by atoms with Crippen LogP contribution in [0.1, 0.15) is 57.6 Å². The Bertz CT molecular complexity index is 1100. The van der Waals surface area contributed by atoms with E-state index in [1.165, 1.54) is 49.1 Å². The van der Waals surface area contributed by atoms with Gasteiger partial charge in [-0.2, -0.15) is 5.10 Å². The van der Waals surface area contributed by atoms with Gasteiger partial charge in [-0.05, 0) is 38.8 Å². The molecule has 0 amide bonds. The molecule has 1 aliphatic carbocycles. The lowest BCUT2D eigenvalue weighted by Gasteiger charge is -2.23. The van der Waals surface area contributed by atoms with Gasteiger partial charge in [-0.3, -0.25) is 0 Å². The van der Waals surface area contributed by atoms with Crippen LogP contribution in [0.15, 0.2) is 18.3 Å². The number of nitrogen functional groups attached to an aromatic ring is 1. The smallest absolute Gasteiger partial charge is 0.168 e. The molecule has 4 radical (unpaired) electrons. The van der Waals surface area contributed by atoms with Crippen molar-refractivity contribution in [2.45, 2.75) is 57.5 Å². The van der Waals surface area contributed by atoms with Crippen LogP contribution in [-0.4, -0.2) is 59.1 Å². The van der Waals surface area contributed by atoms with Crippen molar-refractivity contribution in [2.75, 3.05) is 18.8 Å². The molecule has 0 spiro atoms. The SMILES string of the molecule is C1CCNCC1.CC.[B]C([B])(O)Oc1cc2ncc(-c3nc(N)c(F)cc3F)n2nc1C1CC1. The van der Waals surface area contributed by atoms with Gasteiger partial charge in [0.1, 0.15) is 28.4 Å². The number of ether oxygens (including phenoxy) is 1. The lowest BCUT2D eigenvalue weighted by atomic mass is 9.76. The van der Waals surface area contributed by atoms with E-state index < -0.39 is 23.0 Å². The van der Waals surface area contributed by atoms with Gasteiger partial charge in [-0.25, -0.2) is 23.3 Å². The number of imidazole rings is 1. The quantitative estimate of drug-likeness (QED) is 0.399. The first-order valence-corrected chi connectivity index (χ1v) is 11.4. The molecule has 12 heteroatoms. The Hall–Kier alpha value is -2.72. The number of aliphatic hydroxyl groups is 1. The van der Waals surface area contributed by atoms with E-state index in [4.69, 9.17) is 26.2 Å². The highest BCUT2D eigenvalue weighted by atomic mass is 19.1. The van der Waals surface area contributed by atoms with Crippen LogP contribution >= 0.6 is 0 Å². The van der Waals surface area contributed by atoms with Crippen LogP contribution in [0.5, 0.6) is 5.75 Å². The zero-order valence-electron chi connectivity index (χ0n) is 19.4. The normalized spacial score (nSPS) is 15.7. The molecular weight excluding hydrogens is 440 g/mol. The van der Waals surface area contributed by atoms with Crippen molar-refractivity contribution in [3.05, 3.63) is 35.7 Å². The summed E-state index contributed by atoms with van der Waals surface area (Å²) in [4.78, 5) is 7.87. The van der Waals surface area contributed by atoms with E-state index >= 15 is 0 Å². The van der Waals surface area contributed by atoms with Gasteiger partial charge in [0.15, 0.2) is 38.8 Å². The first-order chi connectivity index (χ1) is 16.2. The van der Waals surface area contributed by atoms with E-state index in [1.54, 1.807) is 0 Å². The second-order valence-electron chi connectivity index (χ2n) is 7.93. The number of rotatable bonds is 4. The number of piperidine rings is 1. The molecule has 1 saturated heterocycles. The fraction of sp³-hybridized carbons (Fsp3) is 0.500. The molecule has 0 bridgehead atoms. The third kappa shape index (κ3) is 6.44. The summed E-state index contributed by atoms with van der Waals surface area (Å²) < 4.78 is 34.0. The van der Waals surface area contributed by atoms with Crippen molar-refractivity contribution in [1.82, 2.24) is 24.9 Å². The van der Waals surface area contributed by atoms with Gasteiger partial charge in [0.25, 0.3) is 0 Å². The summed E-state index contributed by atoms with van der Waals surface area (Å²) in [5.74, 6) is -2.02. The van der Waals surface area contributed by atoms with Crippen LogP contribution < -0.4 is 15.8 Å². The lowest BCUT2D eigenvalue weighted by Crippen LogP contribution is -2.37. The summed E-state index contributed by atoms with van der Waals surface area (Å²) in [6.45, 7) is 6.50. The van der Waals surface area contributed by atoms with E-state index in [2.05, 4.69) is 20.4 Å². The van der Waals surface area contributed by atoms with Gasteiger partial charge >= 0.3 is 0 Å². The van der Waals surface area contributed by atoms with E-state index in [-0.39, 0.29) is 28.7 Å². The molecule has 2 aliphatic rings. The Morgan fingerprint density at radius 2 is 1.82 bits per heavy atom. The molecule has 1 aliphatic heterocycles. The number of anilines is 1. The van der Waals surface area contributed by atoms with E-state index in [0.29, 0.717) is 11.8 Å². The van der Waals surface area contributed by atoms with E-state index in [1.807, 2.05) is 13.8 Å². The second kappa shape index (κ2) is 11.1. The molecule has 3 aromatic heterocycles. The number of pyridine rings is 1. The number of hydrogen-bond acceptors (Lipinski definition) is 7. The lowest BCUT2D eigenvalue weighted by molar-refractivity contribution is 0.0116. The summed E-state index contributed by atoms with van der Waals surface area (Å²) in [5.41, 5.74) is 3.83. The Morgan fingerprint density at radius 3 is 2.35 bits per heavy atom. The van der Waals surface area contributed by atoms with Crippen LogP contribution in [0.3, 0.4) is 0 Å². The van der Waals surface area contributed by atoms with Gasteiger partial charge in [0.05, 0.1) is 6.20 Å². The molecule has 8 nitrogen and oxygen atoms in total. The van der Waals surface area contributed by atoms with Crippen molar-refractivity contribution in [3.63, 3.8) is 0 Å². The molecular formula is C22H28B2F2N6O2. The Kier molecular flexibility index (Phi) is 8.48.